The van der Waals surface area contributed by atoms with Gasteiger partial charge in [0.2, 0.25) is 0 Å². The molecule has 0 amide bonds. The van der Waals surface area contributed by atoms with Crippen molar-refractivity contribution in [2.24, 2.45) is 0 Å². The number of ether oxygens (including phenoxy) is 1. The Morgan fingerprint density at radius 1 is 0.500 bits per heavy atom. The SMILES string of the molecule is CC(C)(C)c1cccc(-[n+]2[c-]n(-c3[c-]c(Oc4[c-]c5c(cc4)c4cc(C(C)(C)c6ccccc6)ccc4n5-c4cc(C(C)(C)C)ccn4)cc(-c4ccccc4)c3)cc2C(C)(C)c2ccccc2)c1.[Pt]. The average Bonchev–Trinajstić information content (AvgIpc) is 3.95. The molecule has 5 nitrogen and oxygen atoms in total. The normalized spacial score (nSPS) is 12.3. The molecule has 0 spiro atoms. The Hall–Kier alpha value is -6.81. The molecule has 354 valence electrons. The molecule has 0 N–H and O–H groups in total. The summed E-state index contributed by atoms with van der Waals surface area (Å²) < 4.78 is 13.5. The summed E-state index contributed by atoms with van der Waals surface area (Å²) in [6.45, 7) is 22.6. The van der Waals surface area contributed by atoms with Gasteiger partial charge >= 0.3 is 0 Å². The second kappa shape index (κ2) is 18.5. The Labute approximate surface area is 428 Å². The molecule has 0 fully saturated rings. The van der Waals surface area contributed by atoms with E-state index in [9.17, 15) is 0 Å². The molecule has 0 atom stereocenters. The molecule has 3 heterocycles. The summed E-state index contributed by atoms with van der Waals surface area (Å²) in [4.78, 5) is 4.99. The number of hydrogen-bond donors (Lipinski definition) is 0. The van der Waals surface area contributed by atoms with Gasteiger partial charge in [0.05, 0.1) is 11.4 Å². The molecule has 0 aliphatic carbocycles. The maximum atomic E-state index is 6.94. The number of imidazole rings is 1. The zero-order valence-electron chi connectivity index (χ0n) is 41.8. The first-order valence-corrected chi connectivity index (χ1v) is 24.0. The fraction of sp³-hybridized carbons (Fsp3) is 0.219. The van der Waals surface area contributed by atoms with E-state index in [-0.39, 0.29) is 42.7 Å². The van der Waals surface area contributed by atoms with Crippen LogP contribution in [0, 0.1) is 18.5 Å². The van der Waals surface area contributed by atoms with Gasteiger partial charge in [-0.25, -0.2) is 4.98 Å². The van der Waals surface area contributed by atoms with Crippen molar-refractivity contribution in [2.45, 2.75) is 90.9 Å². The van der Waals surface area contributed by atoms with Crippen LogP contribution in [0.2, 0.25) is 0 Å². The van der Waals surface area contributed by atoms with Crippen molar-refractivity contribution >= 4 is 21.8 Å². The zero-order valence-corrected chi connectivity index (χ0v) is 44.1. The quantitative estimate of drug-likeness (QED) is 0.101. The monoisotopic (exact) mass is 1100 g/mol. The van der Waals surface area contributed by atoms with Gasteiger partial charge in [0.1, 0.15) is 5.82 Å². The maximum absolute atomic E-state index is 6.94. The van der Waals surface area contributed by atoms with Crippen LogP contribution < -0.4 is 9.30 Å². The molecular weight excluding hydrogens is 1040 g/mol. The van der Waals surface area contributed by atoms with Gasteiger partial charge in [-0.1, -0.05) is 190 Å². The van der Waals surface area contributed by atoms with Crippen molar-refractivity contribution in [3.05, 3.63) is 234 Å². The summed E-state index contributed by atoms with van der Waals surface area (Å²) in [5, 5.41) is 2.21. The minimum Gasteiger partial charge on any atom is -0.510 e. The zero-order chi connectivity index (χ0) is 48.3. The molecule has 0 saturated carbocycles. The second-order valence-corrected chi connectivity index (χ2v) is 21.5. The number of aromatic nitrogens is 4. The van der Waals surface area contributed by atoms with Crippen LogP contribution in [0.3, 0.4) is 0 Å². The molecule has 10 aromatic rings. The minimum atomic E-state index is -0.376. The molecule has 10 rings (SSSR count). The van der Waals surface area contributed by atoms with Crippen molar-refractivity contribution < 1.29 is 30.4 Å². The van der Waals surface area contributed by atoms with E-state index in [1.165, 1.54) is 27.8 Å². The van der Waals surface area contributed by atoms with Gasteiger partial charge in [0, 0.05) is 61.3 Å². The average molecular weight is 1100 g/mol. The Bertz CT molecular complexity index is 3480. The van der Waals surface area contributed by atoms with E-state index >= 15 is 0 Å². The summed E-state index contributed by atoms with van der Waals surface area (Å²) in [6, 6.07) is 67.7. The first-order chi connectivity index (χ1) is 32.9. The van der Waals surface area contributed by atoms with Crippen LogP contribution in [0.5, 0.6) is 11.5 Å². The third-order valence-electron chi connectivity index (χ3n) is 13.9. The Balaban J connectivity index is 0.00000608. The van der Waals surface area contributed by atoms with Crippen LogP contribution in [0.4, 0.5) is 0 Å². The molecule has 0 radical (unpaired) electrons. The van der Waals surface area contributed by atoms with Gasteiger partial charge in [0.25, 0.3) is 6.33 Å². The van der Waals surface area contributed by atoms with Crippen LogP contribution in [0.1, 0.15) is 103 Å². The number of rotatable bonds is 10. The van der Waals surface area contributed by atoms with Gasteiger partial charge in [0.15, 0.2) is 0 Å². The first-order valence-electron chi connectivity index (χ1n) is 24.0. The molecule has 3 aromatic heterocycles. The third kappa shape index (κ3) is 9.20. The van der Waals surface area contributed by atoms with E-state index in [0.29, 0.717) is 11.5 Å². The van der Waals surface area contributed by atoms with Crippen LogP contribution in [-0.4, -0.2) is 14.1 Å². The molecule has 7 aromatic carbocycles. The van der Waals surface area contributed by atoms with E-state index in [0.717, 1.165) is 55.8 Å². The van der Waals surface area contributed by atoms with Crippen molar-refractivity contribution in [1.82, 2.24) is 14.1 Å². The smallest absolute Gasteiger partial charge is 0.267 e. The maximum Gasteiger partial charge on any atom is 0.267 e. The van der Waals surface area contributed by atoms with E-state index < -0.39 is 0 Å². The molecule has 0 saturated heterocycles. The molecule has 6 heteroatoms. The van der Waals surface area contributed by atoms with Gasteiger partial charge in [-0.05, 0) is 85.6 Å². The molecule has 0 unspecified atom stereocenters. The summed E-state index contributed by atoms with van der Waals surface area (Å²) in [7, 11) is 0. The Kier molecular flexibility index (Phi) is 12.7. The molecule has 0 aliphatic rings. The van der Waals surface area contributed by atoms with E-state index in [2.05, 4.69) is 265 Å². The summed E-state index contributed by atoms with van der Waals surface area (Å²) in [6.07, 6.45) is 7.89. The fourth-order valence-electron chi connectivity index (χ4n) is 9.51. The van der Waals surface area contributed by atoms with Crippen molar-refractivity contribution in [1.29, 1.82) is 0 Å². The Morgan fingerprint density at radius 2 is 1.13 bits per heavy atom. The minimum absolute atomic E-state index is 0. The number of fused-ring (bicyclic) bond motifs is 3. The predicted molar refractivity (Wildman–Crippen MR) is 282 cm³/mol. The van der Waals surface area contributed by atoms with Crippen LogP contribution in [0.25, 0.3) is 50.1 Å². The van der Waals surface area contributed by atoms with Crippen LogP contribution >= 0.6 is 0 Å². The van der Waals surface area contributed by atoms with Gasteiger partial charge < -0.3 is 13.9 Å². The number of hydrogen-bond acceptors (Lipinski definition) is 2. The van der Waals surface area contributed by atoms with Crippen LogP contribution in [-0.2, 0) is 42.7 Å². The molecule has 70 heavy (non-hydrogen) atoms. The van der Waals surface area contributed by atoms with Crippen molar-refractivity contribution in [2.75, 3.05) is 0 Å². The van der Waals surface area contributed by atoms with Crippen molar-refractivity contribution in [3.8, 4) is 39.8 Å². The van der Waals surface area contributed by atoms with E-state index in [4.69, 9.17) is 9.72 Å². The van der Waals surface area contributed by atoms with E-state index in [1.54, 1.807) is 0 Å². The standard InChI is InChI=1S/C64H60N4O.Pt/c1-61(2,3)48-27-20-28-51(37-48)67-43-66(42-59(67)64(9,10)47-25-18-13-19-26-47)52-35-45(44-21-14-11-15-22-44)36-54(40-52)69-53-30-31-55-56-38-50(63(7,8)46-23-16-12-17-24-46)29-32-57(56)68(58(55)41-53)60-39-49(33-34-65-60)62(4,5)6;/h11-39,42H,1-10H3;/q-2;. The second-order valence-electron chi connectivity index (χ2n) is 21.5. The summed E-state index contributed by atoms with van der Waals surface area (Å²) in [5.74, 6) is 1.98. The topological polar surface area (TPSA) is 35.9 Å². The van der Waals surface area contributed by atoms with Crippen LogP contribution in [0.15, 0.2) is 182 Å². The van der Waals surface area contributed by atoms with Gasteiger partial charge in [-0.3, -0.25) is 4.57 Å². The molecule has 0 bridgehead atoms. The number of benzene rings is 7. The predicted octanol–water partition coefficient (Wildman–Crippen LogP) is 15.4. The van der Waals surface area contributed by atoms with Gasteiger partial charge in [-0.15, -0.1) is 35.2 Å². The van der Waals surface area contributed by atoms with Crippen molar-refractivity contribution in [3.63, 3.8) is 0 Å². The number of nitrogens with zero attached hydrogens (tertiary/aromatic N) is 4. The molecule has 0 aliphatic heterocycles. The fourth-order valence-corrected chi connectivity index (χ4v) is 9.51. The molecular formula is C64H60N4OPt-2. The largest absolute Gasteiger partial charge is 0.510 e. The first kappa shape index (κ1) is 48.2. The van der Waals surface area contributed by atoms with Gasteiger partial charge in [-0.2, -0.15) is 12.1 Å². The summed E-state index contributed by atoms with van der Waals surface area (Å²) in [5.41, 5.74) is 12.4. The third-order valence-corrected chi connectivity index (χ3v) is 13.9. The summed E-state index contributed by atoms with van der Waals surface area (Å²) >= 11 is 0. The van der Waals surface area contributed by atoms with E-state index in [1.807, 2.05) is 18.3 Å². The Morgan fingerprint density at radius 3 is 1.80 bits per heavy atom. The number of pyridine rings is 1.